The molecule has 12 N–H and O–H groups in total. The van der Waals surface area contributed by atoms with Crippen LogP contribution in [0.4, 0.5) is 0 Å². The first kappa shape index (κ1) is 67.8. The van der Waals surface area contributed by atoms with E-state index in [0.717, 1.165) is 11.1 Å². The van der Waals surface area contributed by atoms with Crippen molar-refractivity contribution in [1.29, 1.82) is 0 Å². The molecule has 0 aromatic heterocycles. The number of amides is 10. The Morgan fingerprint density at radius 1 is 0.405 bits per heavy atom. The third kappa shape index (κ3) is 20.1. The minimum atomic E-state index is -1.21. The monoisotopic (exact) mass is 1170 g/mol. The van der Waals surface area contributed by atoms with Crippen LogP contribution < -0.4 is 54.0 Å². The molecule has 3 saturated heterocycles. The smallest absolute Gasteiger partial charge is 0.245 e. The molecule has 22 nitrogen and oxygen atoms in total. The number of carbonyl (C=O) groups excluding carboxylic acids is 10. The molecule has 0 saturated carbocycles. The fourth-order valence-corrected chi connectivity index (χ4v) is 11.2. The summed E-state index contributed by atoms with van der Waals surface area (Å²) in [6.45, 7) is 15.1. The number of aryl methyl sites for hydroxylation is 2. The van der Waals surface area contributed by atoms with Gasteiger partial charge in [0.05, 0.1) is 0 Å². The molecule has 3 aliphatic heterocycles. The maximum atomic E-state index is 14.9. The molecule has 10 atom stereocenters. The zero-order valence-corrected chi connectivity index (χ0v) is 50.7. The average molecular weight is 1170 g/mol. The van der Waals surface area contributed by atoms with E-state index in [9.17, 15) is 47.9 Å². The number of fused-ring (bicyclic) bond motifs is 2. The van der Waals surface area contributed by atoms with Crippen molar-refractivity contribution >= 4 is 59.1 Å². The van der Waals surface area contributed by atoms with E-state index >= 15 is 0 Å². The highest BCUT2D eigenvalue weighted by Gasteiger charge is 2.43. The summed E-state index contributed by atoms with van der Waals surface area (Å²) in [7, 11) is 0. The van der Waals surface area contributed by atoms with Crippen LogP contribution in [0.1, 0.15) is 144 Å². The van der Waals surface area contributed by atoms with Gasteiger partial charge >= 0.3 is 0 Å². The van der Waals surface area contributed by atoms with Gasteiger partial charge < -0.3 is 63.8 Å². The molecule has 464 valence electrons. The molecular weight excluding hydrogens is 1070 g/mol. The second kappa shape index (κ2) is 33.5. The number of nitrogens with two attached hydrogens (primary N) is 2. The largest absolute Gasteiger partial charge is 0.343 e. The lowest BCUT2D eigenvalue weighted by atomic mass is 9.99. The standard InChI is InChI=1S/C62H96N12O10/c1-37(2)35-47-55(77)67-45(29-27-41-19-11-9-12-20-41)61(83)73-33-17-25-49(73)57(79)72-52(40(7)8)60(82)66-44(24-16-32-64)54(76)70-48(36-38(3)4)56(78)68-46(30-28-42-21-13-10-14-22-42)62(84)74-34-18-26-50(74)58(80)71-51(39(5)6)59(81)65-43(23-15-31-63)53(75)69-47/h9-14,19-22,37-40,43-52H,15-18,23-36,63-64H2,1-8H3,(H,65,81)(H,66,82)(H,67,77)(H,68,78)(H,69,75)(H,70,76)(H,71,80)(H,72,79)/t43-,44-,45+,46+,47-,48-,49-,50-,51-,52-/m0/s1. The second-order valence-corrected chi connectivity index (χ2v) is 24.4. The number of nitrogens with one attached hydrogen (secondary N) is 8. The van der Waals surface area contributed by atoms with Gasteiger partial charge in [-0.3, -0.25) is 47.9 Å². The molecule has 5 rings (SSSR count). The van der Waals surface area contributed by atoms with Crippen LogP contribution in [0.5, 0.6) is 0 Å². The Morgan fingerprint density at radius 2 is 0.726 bits per heavy atom. The zero-order valence-electron chi connectivity index (χ0n) is 50.7. The van der Waals surface area contributed by atoms with Crippen molar-refractivity contribution in [3.05, 3.63) is 71.8 Å². The first-order valence-electron chi connectivity index (χ1n) is 30.5. The molecule has 3 aliphatic rings. The number of benzene rings is 2. The Hall–Kier alpha value is -6.94. The first-order valence-corrected chi connectivity index (χ1v) is 30.5. The van der Waals surface area contributed by atoms with Crippen LogP contribution in [0, 0.1) is 23.7 Å². The van der Waals surface area contributed by atoms with Crippen molar-refractivity contribution in [1.82, 2.24) is 52.3 Å². The lowest BCUT2D eigenvalue weighted by Crippen LogP contribution is -2.62. The van der Waals surface area contributed by atoms with Crippen molar-refractivity contribution in [2.24, 2.45) is 35.1 Å². The molecule has 3 heterocycles. The maximum absolute atomic E-state index is 14.9. The quantitative estimate of drug-likeness (QED) is 0.103. The summed E-state index contributed by atoms with van der Waals surface area (Å²) in [5.74, 6) is -7.60. The summed E-state index contributed by atoms with van der Waals surface area (Å²) in [4.78, 5) is 149. The van der Waals surface area contributed by atoms with Gasteiger partial charge in [-0.25, -0.2) is 0 Å². The Labute approximate surface area is 496 Å². The highest BCUT2D eigenvalue weighted by Crippen LogP contribution is 2.24. The fourth-order valence-electron chi connectivity index (χ4n) is 11.2. The summed E-state index contributed by atoms with van der Waals surface area (Å²) >= 11 is 0. The molecule has 10 amide bonds. The van der Waals surface area contributed by atoms with E-state index in [1.54, 1.807) is 27.7 Å². The lowest BCUT2D eigenvalue weighted by molar-refractivity contribution is -0.143. The fraction of sp³-hybridized carbons (Fsp3) is 0.645. The number of hydrogen-bond donors (Lipinski definition) is 10. The van der Waals surface area contributed by atoms with Crippen LogP contribution in [0.25, 0.3) is 0 Å². The molecule has 84 heavy (non-hydrogen) atoms. The van der Waals surface area contributed by atoms with Gasteiger partial charge in [-0.2, -0.15) is 0 Å². The predicted octanol–water partition coefficient (Wildman–Crippen LogP) is 2.01. The molecule has 0 spiro atoms. The SMILES string of the molecule is CC(C)C[C@@H]1NC(=O)[C@H](CCCN)NC(=O)[C@H](C(C)C)NC(=O)[C@@H]2CCCN2C(=O)[C@@H](CCc2ccccc2)NC(=O)[C@H](CC(C)C)NC(=O)[C@H](CCCN)NC(=O)[C@H](C(C)C)NC(=O)[C@@H]2CCCN2C(=O)[C@@H](CCc2ccccc2)NC1=O. The molecule has 3 fully saturated rings. The van der Waals surface area contributed by atoms with Crippen molar-refractivity contribution in [3.63, 3.8) is 0 Å². The van der Waals surface area contributed by atoms with E-state index in [2.05, 4.69) is 42.5 Å². The second-order valence-electron chi connectivity index (χ2n) is 24.4. The van der Waals surface area contributed by atoms with E-state index in [1.807, 2.05) is 88.4 Å². The number of rotatable bonds is 18. The number of nitrogens with zero attached hydrogens (tertiary/aromatic N) is 2. The van der Waals surface area contributed by atoms with Gasteiger partial charge in [0.1, 0.15) is 60.4 Å². The highest BCUT2D eigenvalue weighted by molar-refractivity contribution is 6.00. The Bertz CT molecular complexity index is 2360. The van der Waals surface area contributed by atoms with Crippen LogP contribution in [-0.4, -0.2) is 155 Å². The van der Waals surface area contributed by atoms with Crippen molar-refractivity contribution in [3.8, 4) is 0 Å². The summed E-state index contributed by atoms with van der Waals surface area (Å²) < 4.78 is 0. The maximum Gasteiger partial charge on any atom is 0.245 e. The van der Waals surface area contributed by atoms with Gasteiger partial charge in [0.2, 0.25) is 59.1 Å². The Morgan fingerprint density at radius 3 is 1.05 bits per heavy atom. The van der Waals surface area contributed by atoms with E-state index < -0.39 is 131 Å². The first-order chi connectivity index (χ1) is 40.0. The van der Waals surface area contributed by atoms with E-state index in [0.29, 0.717) is 38.5 Å². The summed E-state index contributed by atoms with van der Waals surface area (Å²) in [6.07, 6.45) is 3.45. The van der Waals surface area contributed by atoms with Crippen LogP contribution in [0.2, 0.25) is 0 Å². The number of hydrogen-bond acceptors (Lipinski definition) is 12. The topological polar surface area (TPSA) is 325 Å². The van der Waals surface area contributed by atoms with Crippen LogP contribution in [-0.2, 0) is 60.8 Å². The molecule has 22 heteroatoms. The van der Waals surface area contributed by atoms with Gasteiger partial charge in [0.25, 0.3) is 0 Å². The summed E-state index contributed by atoms with van der Waals surface area (Å²) in [6, 6.07) is 7.20. The van der Waals surface area contributed by atoms with Gasteiger partial charge in [-0.1, -0.05) is 116 Å². The average Bonchev–Trinajstić information content (AvgIpc) is 4.29. The van der Waals surface area contributed by atoms with E-state index in [1.165, 1.54) is 9.80 Å². The predicted molar refractivity (Wildman–Crippen MR) is 320 cm³/mol. The van der Waals surface area contributed by atoms with Crippen molar-refractivity contribution < 1.29 is 47.9 Å². The van der Waals surface area contributed by atoms with Crippen LogP contribution in [0.15, 0.2) is 60.7 Å². The third-order valence-corrected chi connectivity index (χ3v) is 15.9. The zero-order chi connectivity index (χ0) is 61.6. The van der Waals surface area contributed by atoms with E-state index in [4.69, 9.17) is 11.5 Å². The van der Waals surface area contributed by atoms with Gasteiger partial charge in [0, 0.05) is 13.1 Å². The van der Waals surface area contributed by atoms with Crippen molar-refractivity contribution in [2.45, 2.75) is 206 Å². The van der Waals surface area contributed by atoms with Gasteiger partial charge in [-0.05, 0) is 138 Å². The van der Waals surface area contributed by atoms with Gasteiger partial charge in [-0.15, -0.1) is 0 Å². The molecule has 2 aromatic carbocycles. The minimum absolute atomic E-state index is 0.0797. The summed E-state index contributed by atoms with van der Waals surface area (Å²) in [5, 5.41) is 23.0. The van der Waals surface area contributed by atoms with E-state index in [-0.39, 0.29) is 89.4 Å². The highest BCUT2D eigenvalue weighted by atomic mass is 16.2. The molecule has 0 aliphatic carbocycles. The third-order valence-electron chi connectivity index (χ3n) is 15.9. The Balaban J connectivity index is 1.57. The van der Waals surface area contributed by atoms with Gasteiger partial charge in [0.15, 0.2) is 0 Å². The van der Waals surface area contributed by atoms with Crippen LogP contribution >= 0.6 is 0 Å². The lowest BCUT2D eigenvalue weighted by Gasteiger charge is -2.33. The molecular formula is C62H96N12O10. The molecule has 0 unspecified atom stereocenters. The Kier molecular flexibility index (Phi) is 27.1. The van der Waals surface area contributed by atoms with Crippen LogP contribution in [0.3, 0.4) is 0 Å². The normalized spacial score (nSPS) is 26.2. The molecule has 0 radical (unpaired) electrons. The molecule has 2 aromatic rings. The molecule has 0 bridgehead atoms. The minimum Gasteiger partial charge on any atom is -0.343 e. The van der Waals surface area contributed by atoms with Crippen molar-refractivity contribution in [2.75, 3.05) is 26.2 Å². The number of carbonyl (C=O) groups is 10. The summed E-state index contributed by atoms with van der Waals surface area (Å²) in [5.41, 5.74) is 13.7.